The van der Waals surface area contributed by atoms with Crippen molar-refractivity contribution in [1.82, 2.24) is 0 Å². The van der Waals surface area contributed by atoms with Gasteiger partial charge >= 0.3 is 6.18 Å². The van der Waals surface area contributed by atoms with Crippen LogP contribution in [0.4, 0.5) is 36.4 Å². The molecule has 30 heavy (non-hydrogen) atoms. The third-order valence-corrected chi connectivity index (χ3v) is 4.27. The topological polar surface area (TPSA) is 29.1 Å². The van der Waals surface area contributed by atoms with E-state index in [0.29, 0.717) is 12.1 Å². The van der Waals surface area contributed by atoms with Crippen LogP contribution in [-0.4, -0.2) is 5.91 Å². The molecule has 3 aromatic rings. The number of amides is 1. The number of carbonyl (C=O) groups is 1. The van der Waals surface area contributed by atoms with Gasteiger partial charge in [0.25, 0.3) is 11.8 Å². The normalized spacial score (nSPS) is 12.0. The Hall–Kier alpha value is -3.36. The van der Waals surface area contributed by atoms with Gasteiger partial charge in [-0.25, -0.2) is 8.78 Å². The minimum absolute atomic E-state index is 0.0775. The van der Waals surface area contributed by atoms with Crippen molar-refractivity contribution in [3.63, 3.8) is 0 Å². The molecule has 0 aliphatic carbocycles. The van der Waals surface area contributed by atoms with Crippen molar-refractivity contribution in [1.29, 1.82) is 0 Å². The molecule has 3 aromatic carbocycles. The SMILES string of the molecule is O=C(Nc1ccc(C(F)(F)c2ccccc2C(F)(F)F)cc1)c1c(F)cccc1F. The lowest BCUT2D eigenvalue weighted by atomic mass is 9.95. The fourth-order valence-corrected chi connectivity index (χ4v) is 2.83. The summed E-state index contributed by atoms with van der Waals surface area (Å²) >= 11 is 0. The molecule has 9 heteroatoms. The lowest BCUT2D eigenvalue weighted by molar-refractivity contribution is -0.140. The van der Waals surface area contributed by atoms with Crippen molar-refractivity contribution in [2.45, 2.75) is 12.1 Å². The van der Waals surface area contributed by atoms with Crippen molar-refractivity contribution < 1.29 is 35.5 Å². The zero-order chi connectivity index (χ0) is 22.1. The third kappa shape index (κ3) is 4.14. The molecule has 0 bridgehead atoms. The summed E-state index contributed by atoms with van der Waals surface area (Å²) in [4.78, 5) is 12.0. The van der Waals surface area contributed by atoms with Crippen molar-refractivity contribution in [2.75, 3.05) is 5.32 Å². The lowest BCUT2D eigenvalue weighted by Gasteiger charge is -2.22. The summed E-state index contributed by atoms with van der Waals surface area (Å²) in [6.45, 7) is 0. The molecule has 0 unspecified atom stereocenters. The van der Waals surface area contributed by atoms with Crippen LogP contribution in [0.1, 0.15) is 27.0 Å². The van der Waals surface area contributed by atoms with Crippen LogP contribution in [0.5, 0.6) is 0 Å². The first-order valence-corrected chi connectivity index (χ1v) is 8.42. The second-order valence-electron chi connectivity index (χ2n) is 6.25. The van der Waals surface area contributed by atoms with Crippen molar-refractivity contribution in [2.24, 2.45) is 0 Å². The Kier molecular flexibility index (Phi) is 5.56. The highest BCUT2D eigenvalue weighted by Crippen LogP contribution is 2.43. The minimum Gasteiger partial charge on any atom is -0.322 e. The van der Waals surface area contributed by atoms with E-state index in [1.807, 2.05) is 0 Å². The molecule has 0 saturated heterocycles. The molecule has 0 aliphatic rings. The van der Waals surface area contributed by atoms with Crippen molar-refractivity contribution >= 4 is 11.6 Å². The van der Waals surface area contributed by atoms with E-state index in [4.69, 9.17) is 0 Å². The summed E-state index contributed by atoms with van der Waals surface area (Å²) in [5.41, 5.74) is -4.38. The third-order valence-electron chi connectivity index (χ3n) is 4.27. The molecule has 0 atom stereocenters. The van der Waals surface area contributed by atoms with Crippen LogP contribution in [0.2, 0.25) is 0 Å². The number of rotatable bonds is 4. The number of anilines is 1. The molecule has 0 heterocycles. The number of hydrogen-bond donors (Lipinski definition) is 1. The van der Waals surface area contributed by atoms with E-state index in [1.165, 1.54) is 0 Å². The number of benzene rings is 3. The quantitative estimate of drug-likeness (QED) is 0.482. The van der Waals surface area contributed by atoms with Crippen molar-refractivity contribution in [3.05, 3.63) is 101 Å². The van der Waals surface area contributed by atoms with E-state index < -0.39 is 51.9 Å². The monoisotopic (exact) mass is 427 g/mol. The summed E-state index contributed by atoms with van der Waals surface area (Å²) in [6, 6.07) is 9.75. The van der Waals surface area contributed by atoms with Crippen LogP contribution in [0.25, 0.3) is 0 Å². The molecule has 0 saturated carbocycles. The smallest absolute Gasteiger partial charge is 0.322 e. The lowest BCUT2D eigenvalue weighted by Crippen LogP contribution is -2.21. The summed E-state index contributed by atoms with van der Waals surface area (Å²) in [5.74, 6) is -7.35. The molecule has 1 amide bonds. The highest BCUT2D eigenvalue weighted by atomic mass is 19.4. The van der Waals surface area contributed by atoms with E-state index in [1.54, 1.807) is 0 Å². The zero-order valence-corrected chi connectivity index (χ0v) is 14.9. The molecule has 1 N–H and O–H groups in total. The fraction of sp³-hybridized carbons (Fsp3) is 0.0952. The molecule has 156 valence electrons. The van der Waals surface area contributed by atoms with Crippen LogP contribution in [0.3, 0.4) is 0 Å². The molecular weight excluding hydrogens is 415 g/mol. The number of carbonyl (C=O) groups excluding carboxylic acids is 1. The van der Waals surface area contributed by atoms with Gasteiger partial charge in [-0.3, -0.25) is 4.79 Å². The van der Waals surface area contributed by atoms with Gasteiger partial charge in [-0.05, 0) is 30.3 Å². The van der Waals surface area contributed by atoms with E-state index in [2.05, 4.69) is 5.32 Å². The summed E-state index contributed by atoms with van der Waals surface area (Å²) in [6.07, 6.45) is -4.97. The number of hydrogen-bond acceptors (Lipinski definition) is 1. The van der Waals surface area contributed by atoms with Gasteiger partial charge in [0.05, 0.1) is 5.56 Å². The van der Waals surface area contributed by atoms with Crippen LogP contribution in [0.15, 0.2) is 66.7 Å². The Labute approximate surface area is 166 Å². The number of alkyl halides is 5. The van der Waals surface area contributed by atoms with Gasteiger partial charge in [-0.15, -0.1) is 0 Å². The molecule has 0 fully saturated rings. The van der Waals surface area contributed by atoms with Crippen molar-refractivity contribution in [3.8, 4) is 0 Å². The van der Waals surface area contributed by atoms with Crippen LogP contribution in [0, 0.1) is 11.6 Å². The van der Waals surface area contributed by atoms with Crippen LogP contribution >= 0.6 is 0 Å². The van der Waals surface area contributed by atoms with Gasteiger partial charge in [0.15, 0.2) is 0 Å². The summed E-state index contributed by atoms with van der Waals surface area (Å²) in [5, 5.41) is 2.15. The maximum Gasteiger partial charge on any atom is 0.416 e. The predicted molar refractivity (Wildman–Crippen MR) is 95.2 cm³/mol. The molecule has 0 aliphatic heterocycles. The van der Waals surface area contributed by atoms with E-state index in [0.717, 1.165) is 54.6 Å². The Morgan fingerprint density at radius 3 is 1.77 bits per heavy atom. The molecule has 2 nitrogen and oxygen atoms in total. The molecule has 0 spiro atoms. The Morgan fingerprint density at radius 1 is 0.700 bits per heavy atom. The molecule has 3 rings (SSSR count). The predicted octanol–water partition coefficient (Wildman–Crippen LogP) is 6.38. The average molecular weight is 427 g/mol. The second-order valence-corrected chi connectivity index (χ2v) is 6.25. The number of halogens is 7. The molecule has 0 radical (unpaired) electrons. The highest BCUT2D eigenvalue weighted by molar-refractivity contribution is 6.04. The Bertz CT molecular complexity index is 1060. The van der Waals surface area contributed by atoms with E-state index >= 15 is 0 Å². The van der Waals surface area contributed by atoms with Gasteiger partial charge in [-0.2, -0.15) is 22.0 Å². The van der Waals surface area contributed by atoms with Gasteiger partial charge in [-0.1, -0.05) is 36.4 Å². The first-order valence-electron chi connectivity index (χ1n) is 8.42. The van der Waals surface area contributed by atoms with E-state index in [-0.39, 0.29) is 5.69 Å². The maximum atomic E-state index is 14.8. The average Bonchev–Trinajstić information content (AvgIpc) is 2.67. The molecular formula is C21H12F7NO. The Balaban J connectivity index is 1.88. The standard InChI is InChI=1S/C21H12F7NO/c22-16-6-3-7-17(23)18(16)19(30)29-13-10-8-12(9-11-13)20(24,25)14-4-1-2-5-15(14)21(26,27)28/h1-11H,(H,29,30). The first kappa shape index (κ1) is 21.4. The number of nitrogens with one attached hydrogen (secondary N) is 1. The van der Waals surface area contributed by atoms with Crippen LogP contribution in [-0.2, 0) is 12.1 Å². The second kappa shape index (κ2) is 7.81. The van der Waals surface area contributed by atoms with Gasteiger partial charge in [0, 0.05) is 16.8 Å². The summed E-state index contributed by atoms with van der Waals surface area (Å²) in [7, 11) is 0. The maximum absolute atomic E-state index is 14.8. The largest absolute Gasteiger partial charge is 0.416 e. The minimum atomic E-state index is -4.97. The molecule has 0 aromatic heterocycles. The van der Waals surface area contributed by atoms with Gasteiger partial charge in [0.2, 0.25) is 0 Å². The fourth-order valence-electron chi connectivity index (χ4n) is 2.83. The van der Waals surface area contributed by atoms with E-state index in [9.17, 15) is 35.5 Å². The van der Waals surface area contributed by atoms with Gasteiger partial charge < -0.3 is 5.32 Å². The van der Waals surface area contributed by atoms with Gasteiger partial charge in [0.1, 0.15) is 17.2 Å². The zero-order valence-electron chi connectivity index (χ0n) is 14.9. The summed E-state index contributed by atoms with van der Waals surface area (Å²) < 4.78 is 96.1. The first-order chi connectivity index (χ1) is 14.0. The highest BCUT2D eigenvalue weighted by Gasteiger charge is 2.43. The Morgan fingerprint density at radius 2 is 1.23 bits per heavy atom. The van der Waals surface area contributed by atoms with Crippen LogP contribution < -0.4 is 5.32 Å².